The Morgan fingerprint density at radius 2 is 2.13 bits per heavy atom. The molecule has 0 aliphatic carbocycles. The topological polar surface area (TPSA) is 55.3 Å². The second-order valence-electron chi connectivity index (χ2n) is 5.86. The van der Waals surface area contributed by atoms with Gasteiger partial charge in [-0.1, -0.05) is 30.3 Å². The molecule has 2 atom stereocenters. The van der Waals surface area contributed by atoms with E-state index in [0.717, 1.165) is 12.8 Å². The molecule has 1 fully saturated rings. The summed E-state index contributed by atoms with van der Waals surface area (Å²) in [7, 11) is 1.75. The van der Waals surface area contributed by atoms with E-state index in [9.17, 15) is 4.79 Å². The number of aromatic nitrogens is 2. The van der Waals surface area contributed by atoms with Gasteiger partial charge in [-0.25, -0.2) is 9.97 Å². The van der Waals surface area contributed by atoms with Crippen LogP contribution in [0, 0.1) is 5.92 Å². The number of piperidine rings is 1. The first-order chi connectivity index (χ1) is 11.3. The van der Waals surface area contributed by atoms with Crippen LogP contribution in [-0.2, 0) is 11.2 Å². The first-order valence-electron chi connectivity index (χ1n) is 7.90. The van der Waals surface area contributed by atoms with Gasteiger partial charge in [-0.15, -0.1) is 0 Å². The summed E-state index contributed by atoms with van der Waals surface area (Å²) >= 11 is 0. The molecule has 0 spiro atoms. The van der Waals surface area contributed by atoms with Crippen molar-refractivity contribution in [1.29, 1.82) is 0 Å². The SMILES string of the molecule is CO[C@@H]1CCN(C(=O)c2ccncn2)C[C@H]1Cc1ccccc1. The fraction of sp³-hybridized carbons (Fsp3) is 0.389. The first kappa shape index (κ1) is 15.6. The maximum Gasteiger partial charge on any atom is 0.272 e. The molecule has 0 radical (unpaired) electrons. The monoisotopic (exact) mass is 311 g/mol. The maximum absolute atomic E-state index is 12.6. The lowest BCUT2D eigenvalue weighted by atomic mass is 9.88. The fourth-order valence-corrected chi connectivity index (χ4v) is 3.20. The van der Waals surface area contributed by atoms with Crippen molar-refractivity contribution in [2.24, 2.45) is 5.92 Å². The molecule has 1 saturated heterocycles. The standard InChI is InChI=1S/C18H21N3O2/c1-23-17-8-10-21(18(22)16-7-9-19-13-20-16)12-15(17)11-14-5-3-2-4-6-14/h2-7,9,13,15,17H,8,10-12H2,1H3/t15-,17-/m1/s1. The highest BCUT2D eigenvalue weighted by Crippen LogP contribution is 2.24. The lowest BCUT2D eigenvalue weighted by Crippen LogP contribution is -2.47. The third-order valence-corrected chi connectivity index (χ3v) is 4.40. The molecule has 5 heteroatoms. The van der Waals surface area contributed by atoms with Crippen molar-refractivity contribution in [3.63, 3.8) is 0 Å². The van der Waals surface area contributed by atoms with Gasteiger partial charge in [0.2, 0.25) is 0 Å². The van der Waals surface area contributed by atoms with Crippen molar-refractivity contribution in [3.05, 3.63) is 60.2 Å². The zero-order valence-electron chi connectivity index (χ0n) is 13.3. The molecule has 1 amide bonds. The number of nitrogens with zero attached hydrogens (tertiary/aromatic N) is 3. The average Bonchev–Trinajstić information content (AvgIpc) is 2.62. The maximum atomic E-state index is 12.6. The third-order valence-electron chi connectivity index (χ3n) is 4.40. The molecule has 3 rings (SSSR count). The molecular weight excluding hydrogens is 290 g/mol. The summed E-state index contributed by atoms with van der Waals surface area (Å²) in [5.74, 6) is 0.266. The van der Waals surface area contributed by atoms with Gasteiger partial charge in [0.1, 0.15) is 12.0 Å². The van der Waals surface area contributed by atoms with E-state index < -0.39 is 0 Å². The molecule has 0 N–H and O–H groups in total. The largest absolute Gasteiger partial charge is 0.381 e. The minimum absolute atomic E-state index is 0.0278. The molecule has 1 aromatic heterocycles. The summed E-state index contributed by atoms with van der Waals surface area (Å²) in [6.07, 6.45) is 4.96. The zero-order valence-corrected chi connectivity index (χ0v) is 13.3. The minimum Gasteiger partial charge on any atom is -0.381 e. The number of ether oxygens (including phenoxy) is 1. The lowest BCUT2D eigenvalue weighted by molar-refractivity contribution is -0.00317. The number of benzene rings is 1. The van der Waals surface area contributed by atoms with Crippen molar-refractivity contribution >= 4 is 5.91 Å². The van der Waals surface area contributed by atoms with Gasteiger partial charge >= 0.3 is 0 Å². The van der Waals surface area contributed by atoms with Gasteiger partial charge in [-0.05, 0) is 24.5 Å². The van der Waals surface area contributed by atoms with E-state index >= 15 is 0 Å². The van der Waals surface area contributed by atoms with Gasteiger partial charge in [0, 0.05) is 32.3 Å². The predicted molar refractivity (Wildman–Crippen MR) is 87.0 cm³/mol. The highest BCUT2D eigenvalue weighted by atomic mass is 16.5. The molecule has 0 bridgehead atoms. The van der Waals surface area contributed by atoms with Crippen molar-refractivity contribution in [1.82, 2.24) is 14.9 Å². The van der Waals surface area contributed by atoms with E-state index in [4.69, 9.17) is 4.74 Å². The fourth-order valence-electron chi connectivity index (χ4n) is 3.20. The van der Waals surface area contributed by atoms with E-state index in [2.05, 4.69) is 22.1 Å². The van der Waals surface area contributed by atoms with Gasteiger partial charge < -0.3 is 9.64 Å². The molecule has 1 aromatic carbocycles. The van der Waals surface area contributed by atoms with E-state index in [0.29, 0.717) is 24.7 Å². The smallest absolute Gasteiger partial charge is 0.272 e. The highest BCUT2D eigenvalue weighted by Gasteiger charge is 2.32. The summed E-state index contributed by atoms with van der Waals surface area (Å²) in [6, 6.07) is 12.0. The number of methoxy groups -OCH3 is 1. The normalized spacial score (nSPS) is 21.2. The summed E-state index contributed by atoms with van der Waals surface area (Å²) in [5, 5.41) is 0. The molecular formula is C18H21N3O2. The van der Waals surface area contributed by atoms with E-state index in [1.165, 1.54) is 11.9 Å². The Morgan fingerprint density at radius 3 is 2.83 bits per heavy atom. The van der Waals surface area contributed by atoms with Gasteiger partial charge in [0.05, 0.1) is 6.10 Å². The Labute approximate surface area is 136 Å². The number of hydrogen-bond donors (Lipinski definition) is 0. The molecule has 2 aromatic rings. The van der Waals surface area contributed by atoms with E-state index in [1.807, 2.05) is 23.1 Å². The van der Waals surface area contributed by atoms with Crippen LogP contribution in [-0.4, -0.2) is 47.1 Å². The van der Waals surface area contributed by atoms with E-state index in [-0.39, 0.29) is 12.0 Å². The first-order valence-corrected chi connectivity index (χ1v) is 7.90. The summed E-state index contributed by atoms with van der Waals surface area (Å²) in [6.45, 7) is 1.39. The second kappa shape index (κ2) is 7.33. The van der Waals surface area contributed by atoms with Crippen LogP contribution in [0.2, 0.25) is 0 Å². The highest BCUT2D eigenvalue weighted by molar-refractivity contribution is 5.92. The van der Waals surface area contributed by atoms with E-state index in [1.54, 1.807) is 19.4 Å². The van der Waals surface area contributed by atoms with Crippen LogP contribution in [0.3, 0.4) is 0 Å². The average molecular weight is 311 g/mol. The molecule has 23 heavy (non-hydrogen) atoms. The van der Waals surface area contributed by atoms with Crippen LogP contribution in [0.25, 0.3) is 0 Å². The van der Waals surface area contributed by atoms with Crippen molar-refractivity contribution in [2.75, 3.05) is 20.2 Å². The van der Waals surface area contributed by atoms with Crippen LogP contribution < -0.4 is 0 Å². The molecule has 2 heterocycles. The number of likely N-dealkylation sites (tertiary alicyclic amines) is 1. The number of rotatable bonds is 4. The Balaban J connectivity index is 1.72. The number of hydrogen-bond acceptors (Lipinski definition) is 4. The molecule has 1 aliphatic rings. The Bertz CT molecular complexity index is 633. The van der Waals surface area contributed by atoms with Gasteiger partial charge in [0.15, 0.2) is 0 Å². The summed E-state index contributed by atoms with van der Waals surface area (Å²) < 4.78 is 5.65. The van der Waals surface area contributed by atoms with Crippen LogP contribution in [0.1, 0.15) is 22.5 Å². The predicted octanol–water partition coefficient (Wildman–Crippen LogP) is 2.20. The zero-order chi connectivity index (χ0) is 16.1. The van der Waals surface area contributed by atoms with Gasteiger partial charge in [-0.2, -0.15) is 0 Å². The minimum atomic E-state index is -0.0278. The van der Waals surface area contributed by atoms with Gasteiger partial charge in [-0.3, -0.25) is 4.79 Å². The molecule has 0 saturated carbocycles. The van der Waals surface area contributed by atoms with Crippen LogP contribution >= 0.6 is 0 Å². The van der Waals surface area contributed by atoms with Crippen LogP contribution in [0.4, 0.5) is 0 Å². The van der Waals surface area contributed by atoms with Crippen molar-refractivity contribution < 1.29 is 9.53 Å². The van der Waals surface area contributed by atoms with Crippen LogP contribution in [0.15, 0.2) is 48.9 Å². The molecule has 1 aliphatic heterocycles. The van der Waals surface area contributed by atoms with Crippen LogP contribution in [0.5, 0.6) is 0 Å². The van der Waals surface area contributed by atoms with Crippen molar-refractivity contribution in [3.8, 4) is 0 Å². The Kier molecular flexibility index (Phi) is 4.98. The Hall–Kier alpha value is -2.27. The second-order valence-corrected chi connectivity index (χ2v) is 5.86. The lowest BCUT2D eigenvalue weighted by Gasteiger charge is -2.37. The number of carbonyl (C=O) groups excluding carboxylic acids is 1. The number of carbonyl (C=O) groups is 1. The summed E-state index contributed by atoms with van der Waals surface area (Å²) in [4.78, 5) is 22.4. The molecule has 5 nitrogen and oxygen atoms in total. The summed E-state index contributed by atoms with van der Waals surface area (Å²) in [5.41, 5.74) is 1.73. The molecule has 120 valence electrons. The van der Waals surface area contributed by atoms with Gasteiger partial charge in [0.25, 0.3) is 5.91 Å². The Morgan fingerprint density at radius 1 is 1.30 bits per heavy atom. The molecule has 0 unspecified atom stereocenters. The third kappa shape index (κ3) is 3.74. The van der Waals surface area contributed by atoms with Crippen molar-refractivity contribution in [2.45, 2.75) is 18.9 Å². The quantitative estimate of drug-likeness (QED) is 0.868. The number of amides is 1.